The molecule has 0 radical (unpaired) electrons. The number of aliphatic hydroxyl groups is 2. The lowest BCUT2D eigenvalue weighted by atomic mass is 10.0. The predicted molar refractivity (Wildman–Crippen MR) is 129 cm³/mol. The van der Waals surface area contributed by atoms with Gasteiger partial charge in [0.25, 0.3) is 5.56 Å². The first kappa shape index (κ1) is 24.8. The van der Waals surface area contributed by atoms with Gasteiger partial charge in [0, 0.05) is 28.9 Å². The largest absolute Gasteiger partial charge is 0.437 e. The second kappa shape index (κ2) is 9.03. The molecule has 0 bridgehead atoms. The van der Waals surface area contributed by atoms with Gasteiger partial charge in [-0.25, -0.2) is 13.8 Å². The maximum Gasteiger partial charge on any atom is 0.255 e. The molecule has 182 valence electrons. The van der Waals surface area contributed by atoms with Gasteiger partial charge in [0.2, 0.25) is 5.89 Å². The SMILES string of the molecule is Cc1cc(Cl)cc(C)c1-n1cc(-c2nc([C@H](O)C(C)(C)O)oc2-c2ccc(F)cc2F)ccc1=O. The van der Waals surface area contributed by atoms with Crippen LogP contribution in [0.3, 0.4) is 0 Å². The molecular formula is C26H23ClF2N2O4. The first-order valence-corrected chi connectivity index (χ1v) is 11.1. The Morgan fingerprint density at radius 3 is 2.34 bits per heavy atom. The molecule has 0 unspecified atom stereocenters. The molecule has 0 fully saturated rings. The summed E-state index contributed by atoms with van der Waals surface area (Å²) < 4.78 is 35.4. The van der Waals surface area contributed by atoms with Crippen molar-refractivity contribution in [1.82, 2.24) is 9.55 Å². The van der Waals surface area contributed by atoms with Crippen molar-refractivity contribution in [3.05, 3.63) is 92.7 Å². The number of pyridine rings is 1. The molecule has 0 aliphatic carbocycles. The number of aliphatic hydroxyl groups excluding tert-OH is 1. The topological polar surface area (TPSA) is 88.5 Å². The van der Waals surface area contributed by atoms with Crippen molar-refractivity contribution in [3.63, 3.8) is 0 Å². The van der Waals surface area contributed by atoms with Gasteiger partial charge in [0.15, 0.2) is 11.9 Å². The number of hydrogen-bond acceptors (Lipinski definition) is 5. The van der Waals surface area contributed by atoms with E-state index in [1.807, 2.05) is 13.8 Å². The van der Waals surface area contributed by atoms with Gasteiger partial charge in [-0.2, -0.15) is 0 Å². The fraction of sp³-hybridized carbons (Fsp3) is 0.231. The van der Waals surface area contributed by atoms with E-state index in [4.69, 9.17) is 16.0 Å². The standard InChI is InChI=1S/C26H23ClF2N2O4/c1-13-9-16(27)10-14(2)22(13)31-12-15(5-8-20(31)32)21-23(18-7-6-17(28)11-19(18)29)35-25(30-21)24(33)26(3,4)34/h5-12,24,33-34H,1-4H3/t24-/m0/s1. The molecule has 9 heteroatoms. The van der Waals surface area contributed by atoms with Crippen LogP contribution in [0, 0.1) is 25.5 Å². The van der Waals surface area contributed by atoms with Crippen LogP contribution in [0.1, 0.15) is 37.0 Å². The summed E-state index contributed by atoms with van der Waals surface area (Å²) in [5.74, 6) is -2.02. The van der Waals surface area contributed by atoms with Crippen molar-refractivity contribution < 1.29 is 23.4 Å². The smallest absolute Gasteiger partial charge is 0.255 e. The number of aryl methyl sites for hydroxylation is 2. The van der Waals surface area contributed by atoms with Crippen molar-refractivity contribution in [2.45, 2.75) is 39.4 Å². The highest BCUT2D eigenvalue weighted by molar-refractivity contribution is 6.30. The third kappa shape index (κ3) is 4.77. The highest BCUT2D eigenvalue weighted by atomic mass is 35.5. The normalized spacial score (nSPS) is 12.7. The Hall–Kier alpha value is -3.33. The third-order valence-corrected chi connectivity index (χ3v) is 5.82. The Balaban J connectivity index is 1.97. The Bertz CT molecular complexity index is 1460. The van der Waals surface area contributed by atoms with E-state index < -0.39 is 23.3 Å². The molecule has 6 nitrogen and oxygen atoms in total. The average Bonchev–Trinajstić information content (AvgIpc) is 3.18. The summed E-state index contributed by atoms with van der Waals surface area (Å²) in [6.45, 7) is 6.37. The zero-order valence-electron chi connectivity index (χ0n) is 19.4. The van der Waals surface area contributed by atoms with E-state index in [9.17, 15) is 23.8 Å². The molecule has 2 aromatic carbocycles. The highest BCUT2D eigenvalue weighted by Gasteiger charge is 2.33. The molecule has 35 heavy (non-hydrogen) atoms. The summed E-state index contributed by atoms with van der Waals surface area (Å²) in [7, 11) is 0. The van der Waals surface area contributed by atoms with Crippen LogP contribution in [-0.4, -0.2) is 25.4 Å². The van der Waals surface area contributed by atoms with Gasteiger partial charge in [0.1, 0.15) is 17.3 Å². The molecule has 0 aliphatic heterocycles. The molecule has 4 rings (SSSR count). The maximum atomic E-state index is 14.7. The Labute approximate surface area is 205 Å². The van der Waals surface area contributed by atoms with Crippen molar-refractivity contribution >= 4 is 11.6 Å². The molecule has 0 saturated heterocycles. The van der Waals surface area contributed by atoms with E-state index in [2.05, 4.69) is 4.98 Å². The van der Waals surface area contributed by atoms with Crippen LogP contribution in [0.25, 0.3) is 28.3 Å². The molecule has 0 aliphatic rings. The lowest BCUT2D eigenvalue weighted by molar-refractivity contribution is -0.0617. The summed E-state index contributed by atoms with van der Waals surface area (Å²) in [5, 5.41) is 21.3. The minimum atomic E-state index is -1.61. The first-order valence-electron chi connectivity index (χ1n) is 10.7. The molecule has 0 amide bonds. The molecule has 0 spiro atoms. The number of hydrogen-bond donors (Lipinski definition) is 2. The number of benzene rings is 2. The van der Waals surface area contributed by atoms with E-state index >= 15 is 0 Å². The summed E-state index contributed by atoms with van der Waals surface area (Å²) in [5.41, 5.74) is 0.584. The second-order valence-electron chi connectivity index (χ2n) is 8.92. The summed E-state index contributed by atoms with van der Waals surface area (Å²) in [6, 6.07) is 9.24. The minimum absolute atomic E-state index is 0.0875. The van der Waals surface area contributed by atoms with Crippen molar-refractivity contribution in [2.75, 3.05) is 0 Å². The minimum Gasteiger partial charge on any atom is -0.437 e. The van der Waals surface area contributed by atoms with Gasteiger partial charge < -0.3 is 14.6 Å². The van der Waals surface area contributed by atoms with Gasteiger partial charge in [0.05, 0.1) is 16.9 Å². The van der Waals surface area contributed by atoms with Crippen LogP contribution < -0.4 is 5.56 Å². The van der Waals surface area contributed by atoms with Gasteiger partial charge in [-0.1, -0.05) is 11.6 Å². The van der Waals surface area contributed by atoms with Gasteiger partial charge >= 0.3 is 0 Å². The fourth-order valence-electron chi connectivity index (χ4n) is 3.89. The maximum absolute atomic E-state index is 14.7. The Morgan fingerprint density at radius 2 is 1.74 bits per heavy atom. The summed E-state index contributed by atoms with van der Waals surface area (Å²) in [4.78, 5) is 17.1. The zero-order chi connectivity index (χ0) is 25.7. The van der Waals surface area contributed by atoms with E-state index in [1.54, 1.807) is 12.1 Å². The summed E-state index contributed by atoms with van der Waals surface area (Å²) >= 11 is 6.14. The van der Waals surface area contributed by atoms with E-state index in [0.717, 1.165) is 17.2 Å². The molecule has 1 atom stereocenters. The van der Waals surface area contributed by atoms with Gasteiger partial charge in [-0.05, 0) is 69.2 Å². The molecule has 2 aromatic heterocycles. The summed E-state index contributed by atoms with van der Waals surface area (Å²) in [6.07, 6.45) is -0.0145. The van der Waals surface area contributed by atoms with E-state index in [0.29, 0.717) is 22.3 Å². The van der Waals surface area contributed by atoms with Crippen LogP contribution in [0.5, 0.6) is 0 Å². The van der Waals surface area contributed by atoms with Crippen LogP contribution in [0.2, 0.25) is 5.02 Å². The Morgan fingerprint density at radius 1 is 1.09 bits per heavy atom. The van der Waals surface area contributed by atoms with Crippen LogP contribution >= 0.6 is 11.6 Å². The van der Waals surface area contributed by atoms with Gasteiger partial charge in [-0.3, -0.25) is 9.36 Å². The molecular weight excluding hydrogens is 478 g/mol. The second-order valence-corrected chi connectivity index (χ2v) is 9.36. The lowest BCUT2D eigenvalue weighted by Gasteiger charge is -2.21. The average molecular weight is 501 g/mol. The molecule has 0 saturated carbocycles. The lowest BCUT2D eigenvalue weighted by Crippen LogP contribution is -2.28. The van der Waals surface area contributed by atoms with Gasteiger partial charge in [-0.15, -0.1) is 0 Å². The van der Waals surface area contributed by atoms with Crippen molar-refractivity contribution in [2.24, 2.45) is 0 Å². The fourth-order valence-corrected chi connectivity index (χ4v) is 4.22. The number of oxazole rings is 1. The molecule has 2 heterocycles. The van der Waals surface area contributed by atoms with Crippen molar-refractivity contribution in [3.8, 4) is 28.3 Å². The number of aromatic nitrogens is 2. The number of halogens is 3. The van der Waals surface area contributed by atoms with Crippen molar-refractivity contribution in [1.29, 1.82) is 0 Å². The highest BCUT2D eigenvalue weighted by Crippen LogP contribution is 2.38. The van der Waals surface area contributed by atoms with Crippen LogP contribution in [0.4, 0.5) is 8.78 Å². The predicted octanol–water partition coefficient (Wildman–Crippen LogP) is 5.51. The third-order valence-electron chi connectivity index (χ3n) is 5.60. The van der Waals surface area contributed by atoms with Crippen LogP contribution in [0.15, 0.2) is 57.9 Å². The quantitative estimate of drug-likeness (QED) is 0.377. The zero-order valence-corrected chi connectivity index (χ0v) is 20.2. The number of rotatable bonds is 5. The van der Waals surface area contributed by atoms with Crippen LogP contribution in [-0.2, 0) is 0 Å². The van der Waals surface area contributed by atoms with E-state index in [-0.39, 0.29) is 28.5 Å². The first-order chi connectivity index (χ1) is 16.4. The Kier molecular flexibility index (Phi) is 6.40. The monoisotopic (exact) mass is 500 g/mol. The molecule has 2 N–H and O–H groups in total. The molecule has 4 aromatic rings. The number of nitrogens with zero attached hydrogens (tertiary/aromatic N) is 2. The van der Waals surface area contributed by atoms with E-state index in [1.165, 1.54) is 42.8 Å².